The third-order valence-electron chi connectivity index (χ3n) is 1.45. The van der Waals surface area contributed by atoms with Gasteiger partial charge in [0.25, 0.3) is 0 Å². The van der Waals surface area contributed by atoms with Crippen LogP contribution in [0, 0.1) is 27.6 Å². The van der Waals surface area contributed by atoms with Crippen molar-refractivity contribution in [3.05, 3.63) is 22.4 Å². The monoisotopic (exact) mass is 202 g/mol. The Bertz CT molecular complexity index is 409. The van der Waals surface area contributed by atoms with Crippen molar-refractivity contribution in [2.45, 2.75) is 19.4 Å². The van der Waals surface area contributed by atoms with Crippen molar-refractivity contribution in [2.24, 2.45) is 5.18 Å². The molecule has 0 bridgehead atoms. The summed E-state index contributed by atoms with van der Waals surface area (Å²) >= 11 is 0. The molecule has 0 radical (unpaired) electrons. The van der Waals surface area contributed by atoms with Crippen molar-refractivity contribution >= 4 is 0 Å². The molecule has 74 valence electrons. The van der Waals surface area contributed by atoms with E-state index in [1.807, 2.05) is 12.1 Å². The average molecular weight is 202 g/mol. The van der Waals surface area contributed by atoms with Crippen molar-refractivity contribution < 1.29 is 0 Å². The first-order chi connectivity index (χ1) is 7.30. The predicted molar refractivity (Wildman–Crippen MR) is 48.0 cm³/mol. The van der Waals surface area contributed by atoms with Gasteiger partial charge >= 0.3 is 0 Å². The maximum atomic E-state index is 10.0. The van der Waals surface area contributed by atoms with E-state index < -0.39 is 0 Å². The summed E-state index contributed by atoms with van der Waals surface area (Å²) in [4.78, 5) is 21.6. The van der Waals surface area contributed by atoms with Crippen LogP contribution in [0.5, 0.6) is 0 Å². The van der Waals surface area contributed by atoms with Gasteiger partial charge in [-0.2, -0.15) is 15.4 Å². The Morgan fingerprint density at radius 3 is 1.87 bits per heavy atom. The first kappa shape index (κ1) is 10.7. The smallest absolute Gasteiger partial charge is 0.157 e. The van der Waals surface area contributed by atoms with Crippen LogP contribution in [-0.2, 0) is 19.4 Å². The molecule has 1 heterocycles. The van der Waals surface area contributed by atoms with Gasteiger partial charge in [-0.05, 0) is 0 Å². The first-order valence-corrected chi connectivity index (χ1v) is 4.06. The molecule has 0 aromatic carbocycles. The molecule has 0 fully saturated rings. The molecule has 0 unspecified atom stereocenters. The average Bonchev–Trinajstić information content (AvgIpc) is 2.19. The Labute approximate surface area is 85.4 Å². The zero-order valence-electron chi connectivity index (χ0n) is 7.71. The third kappa shape index (κ3) is 3.08. The number of hydrogen-bond donors (Lipinski definition) is 0. The fourth-order valence-corrected chi connectivity index (χ4v) is 0.950. The Hall–Kier alpha value is -2.41. The summed E-state index contributed by atoms with van der Waals surface area (Å²) in [6.07, 6.45) is 0.0413. The fraction of sp³-hybridized carbons (Fsp3) is 0.375. The van der Waals surface area contributed by atoms with E-state index in [0.29, 0.717) is 0 Å². The van der Waals surface area contributed by atoms with Gasteiger partial charge in [0.2, 0.25) is 0 Å². The normalized spacial score (nSPS) is 8.93. The molecule has 0 aliphatic rings. The van der Waals surface area contributed by atoms with Gasteiger partial charge in [0.05, 0.1) is 25.0 Å². The van der Waals surface area contributed by atoms with Crippen molar-refractivity contribution in [1.29, 1.82) is 10.5 Å². The lowest BCUT2D eigenvalue weighted by Crippen LogP contribution is -2.06. The van der Waals surface area contributed by atoms with E-state index >= 15 is 0 Å². The van der Waals surface area contributed by atoms with E-state index in [0.717, 1.165) is 0 Å². The fourth-order valence-electron chi connectivity index (χ4n) is 0.950. The number of rotatable bonds is 4. The third-order valence-corrected chi connectivity index (χ3v) is 1.45. The topological polar surface area (TPSA) is 116 Å². The van der Waals surface area contributed by atoms with E-state index in [-0.39, 0.29) is 36.9 Å². The molecule has 1 aromatic heterocycles. The van der Waals surface area contributed by atoms with Gasteiger partial charge in [-0.3, -0.25) is 0 Å². The largest absolute Gasteiger partial charge is 0.216 e. The molecule has 0 saturated heterocycles. The lowest BCUT2D eigenvalue weighted by atomic mass is 10.4. The minimum Gasteiger partial charge on any atom is -0.216 e. The van der Waals surface area contributed by atoms with Gasteiger partial charge in [-0.15, -0.1) is 0 Å². The van der Waals surface area contributed by atoms with Crippen molar-refractivity contribution in [2.75, 3.05) is 0 Å². The van der Waals surface area contributed by atoms with E-state index in [2.05, 4.69) is 20.1 Å². The first-order valence-electron chi connectivity index (χ1n) is 4.06. The number of aromatic nitrogens is 3. The highest BCUT2D eigenvalue weighted by Crippen LogP contribution is 1.99. The Kier molecular flexibility index (Phi) is 3.80. The summed E-state index contributed by atoms with van der Waals surface area (Å²) in [7, 11) is 0. The summed E-state index contributed by atoms with van der Waals surface area (Å²) in [6, 6.07) is 3.76. The summed E-state index contributed by atoms with van der Waals surface area (Å²) in [5.74, 6) is 0.711. The van der Waals surface area contributed by atoms with Crippen LogP contribution in [0.4, 0.5) is 0 Å². The van der Waals surface area contributed by atoms with Gasteiger partial charge in [0.1, 0.15) is 18.2 Å². The van der Waals surface area contributed by atoms with Crippen LogP contribution in [0.15, 0.2) is 5.18 Å². The highest BCUT2D eigenvalue weighted by atomic mass is 16.3. The zero-order valence-corrected chi connectivity index (χ0v) is 7.71. The van der Waals surface area contributed by atoms with Gasteiger partial charge in [0, 0.05) is 0 Å². The van der Waals surface area contributed by atoms with E-state index in [9.17, 15) is 4.91 Å². The van der Waals surface area contributed by atoms with Crippen LogP contribution in [0.1, 0.15) is 17.5 Å². The van der Waals surface area contributed by atoms with Crippen LogP contribution in [0.2, 0.25) is 0 Å². The second-order valence-electron chi connectivity index (χ2n) is 2.54. The molecule has 1 rings (SSSR count). The van der Waals surface area contributed by atoms with Crippen LogP contribution in [0.25, 0.3) is 0 Å². The van der Waals surface area contributed by atoms with Crippen molar-refractivity contribution in [1.82, 2.24) is 15.0 Å². The molecular formula is C8H6N6O. The van der Waals surface area contributed by atoms with Gasteiger partial charge in [-0.25, -0.2) is 15.0 Å². The second kappa shape index (κ2) is 5.35. The highest BCUT2D eigenvalue weighted by molar-refractivity contribution is 5.04. The number of hydrogen-bond acceptors (Lipinski definition) is 7. The second-order valence-corrected chi connectivity index (χ2v) is 2.54. The molecule has 0 N–H and O–H groups in total. The molecule has 0 atom stereocenters. The molecule has 0 aliphatic heterocycles. The standard InChI is InChI=1S/C8H6N6O/c9-3-1-6-12-7(2-4-10)14-8(13-6)5-11-15/h1-2,5H2. The molecule has 0 spiro atoms. The van der Waals surface area contributed by atoms with E-state index in [4.69, 9.17) is 10.5 Å². The minimum atomic E-state index is -0.181. The number of nitroso groups, excluding NO2 is 1. The molecule has 0 amide bonds. The summed E-state index contributed by atoms with van der Waals surface area (Å²) in [5.41, 5.74) is 0. The van der Waals surface area contributed by atoms with E-state index in [1.165, 1.54) is 0 Å². The zero-order chi connectivity index (χ0) is 11.1. The molecule has 0 saturated carbocycles. The van der Waals surface area contributed by atoms with Gasteiger partial charge in [0.15, 0.2) is 5.82 Å². The van der Waals surface area contributed by atoms with Crippen molar-refractivity contribution in [3.63, 3.8) is 0 Å². The quantitative estimate of drug-likeness (QED) is 0.647. The molecule has 7 heteroatoms. The maximum absolute atomic E-state index is 10.0. The molecule has 0 aliphatic carbocycles. The molecule has 1 aromatic rings. The van der Waals surface area contributed by atoms with Crippen LogP contribution < -0.4 is 0 Å². The Morgan fingerprint density at radius 1 is 1.00 bits per heavy atom. The Balaban J connectivity index is 3.03. The summed E-state index contributed by atoms with van der Waals surface area (Å²) < 4.78 is 0. The minimum absolute atomic E-state index is 0.0206. The van der Waals surface area contributed by atoms with Crippen molar-refractivity contribution in [3.8, 4) is 12.1 Å². The number of nitrogens with zero attached hydrogens (tertiary/aromatic N) is 6. The Morgan fingerprint density at radius 2 is 1.47 bits per heavy atom. The molecular weight excluding hydrogens is 196 g/mol. The van der Waals surface area contributed by atoms with E-state index in [1.54, 1.807) is 0 Å². The lowest BCUT2D eigenvalue weighted by molar-refractivity contribution is 0.788. The van der Waals surface area contributed by atoms with Crippen LogP contribution in [-0.4, -0.2) is 15.0 Å². The van der Waals surface area contributed by atoms with Crippen LogP contribution in [0.3, 0.4) is 0 Å². The van der Waals surface area contributed by atoms with Crippen LogP contribution >= 0.6 is 0 Å². The SMILES string of the molecule is N#CCc1nc(CC#N)nc(CN=O)n1. The number of nitriles is 2. The summed E-state index contributed by atoms with van der Waals surface area (Å²) in [5, 5.41) is 19.6. The molecule has 7 nitrogen and oxygen atoms in total. The maximum Gasteiger partial charge on any atom is 0.157 e. The predicted octanol–water partition coefficient (Wildman–Crippen LogP) is 0.270. The van der Waals surface area contributed by atoms with Gasteiger partial charge in [-0.1, -0.05) is 5.18 Å². The van der Waals surface area contributed by atoms with Gasteiger partial charge < -0.3 is 0 Å². The summed E-state index contributed by atoms with van der Waals surface area (Å²) in [6.45, 7) is -0.181. The molecule has 15 heavy (non-hydrogen) atoms. The highest BCUT2D eigenvalue weighted by Gasteiger charge is 2.06. The lowest BCUT2D eigenvalue weighted by Gasteiger charge is -1.99.